The van der Waals surface area contributed by atoms with Gasteiger partial charge in [0.15, 0.2) is 90.6 Å². The Morgan fingerprint density at radius 1 is 0.310 bits per heavy atom. The van der Waals surface area contributed by atoms with Crippen LogP contribution < -0.4 is 291 Å². The van der Waals surface area contributed by atoms with Gasteiger partial charge in [0.2, 0.25) is 57.9 Å². The van der Waals surface area contributed by atoms with Crippen molar-refractivity contribution < 1.29 is 528 Å². The van der Waals surface area contributed by atoms with Crippen LogP contribution in [0.25, 0.3) is 0 Å². The molecule has 0 bridgehead atoms. The average molecular weight is 2030 g/mol. The first-order valence-electron chi connectivity index (χ1n) is 32.1. The van der Waals surface area contributed by atoms with E-state index >= 15 is 0 Å². The number of hydrogen-bond donors (Lipinski definition) is 4. The Morgan fingerprint density at radius 3 is 0.921 bits per heavy atom. The topological polar surface area (TPSA) is 877 Å². The molecule has 6 heterocycles. The minimum Gasteiger partial charge on any atom is -0.735 e. The van der Waals surface area contributed by atoms with Crippen molar-refractivity contribution >= 4 is 128 Å². The molecule has 0 radical (unpaired) electrons. The molecule has 0 aliphatic carbocycles. The van der Waals surface area contributed by atoms with Gasteiger partial charge >= 0.3 is 308 Å². The normalized spacial score (nSPS) is 32.6. The van der Waals surface area contributed by atoms with E-state index in [1.54, 1.807) is 0 Å². The summed E-state index contributed by atoms with van der Waals surface area (Å²) in [7, 11) is -38.1. The smallest absolute Gasteiger partial charge is 0.735 e. The van der Waals surface area contributed by atoms with E-state index in [4.69, 9.17) is 85.3 Å². The molecule has 59 nitrogen and oxygen atoms in total. The summed E-state index contributed by atoms with van der Waals surface area (Å²) in [5, 5.41) is 62.6. The number of amides is 1. The van der Waals surface area contributed by atoms with E-state index in [9.17, 15) is 156 Å². The van der Waals surface area contributed by atoms with Crippen LogP contribution in [0.2, 0.25) is 0 Å². The van der Waals surface area contributed by atoms with Crippen LogP contribution in [0.3, 0.4) is 0 Å². The molecule has 1 amide bonds. The second-order valence-electron chi connectivity index (χ2n) is 24.6. The van der Waals surface area contributed by atoms with Crippen molar-refractivity contribution in [2.24, 2.45) is 0 Å². The van der Waals surface area contributed by atoms with Crippen molar-refractivity contribution in [3.8, 4) is 0 Å². The quantitative estimate of drug-likeness (QED) is 0.0147. The van der Waals surface area contributed by atoms with Crippen LogP contribution in [0.4, 0.5) is 0 Å². The maximum Gasteiger partial charge on any atom is 1.00 e. The first-order chi connectivity index (χ1) is 53.6. The number of nitrogens with one attached hydrogen (secondary N) is 2. The van der Waals surface area contributed by atoms with Gasteiger partial charge in [-0.15, -0.1) is 0 Å². The molecule has 0 saturated carbocycles. The first kappa shape index (κ1) is 134. The van der Waals surface area contributed by atoms with Crippen LogP contribution in [0.1, 0.15) is 55.4 Å². The Bertz CT molecular complexity index is 4400. The van der Waals surface area contributed by atoms with E-state index in [-0.39, 0.29) is 266 Å². The third-order valence-corrected chi connectivity index (χ3v) is 18.6. The molecule has 29 atom stereocenters. The minimum absolute atomic E-state index is 0. The minimum atomic E-state index is -6.83. The molecule has 4 N–H and O–H groups in total. The third-order valence-electron chi connectivity index (χ3n) is 15.9. The van der Waals surface area contributed by atoms with Crippen molar-refractivity contribution in [1.82, 2.24) is 10.0 Å². The van der Waals surface area contributed by atoms with E-state index in [1.165, 1.54) is 0 Å². The first-order valence-corrected chi connectivity index (χ1v) is 40.1. The van der Waals surface area contributed by atoms with Gasteiger partial charge in [-0.05, 0) is 0 Å². The fourth-order valence-corrected chi connectivity index (χ4v) is 14.7. The summed E-state index contributed by atoms with van der Waals surface area (Å²) in [4.78, 5) is 143. The van der Waals surface area contributed by atoms with E-state index < -0.39 is 332 Å². The van der Waals surface area contributed by atoms with Gasteiger partial charge < -0.3 is 158 Å². The summed E-state index contributed by atoms with van der Waals surface area (Å²) in [5.41, 5.74) is 0. The van der Waals surface area contributed by atoms with Crippen LogP contribution in [0.15, 0.2) is 0 Å². The molecule has 0 aromatic rings. The number of aliphatic carboxylic acids is 3. The zero-order valence-corrected chi connectivity index (χ0v) is 91.8. The number of esters is 7. The average Bonchev–Trinajstić information content (AvgIpc) is 0.825. The number of aliphatic hydroxyl groups is 2. The molecular weight excluding hydrogens is 1960 g/mol. The Labute approximate surface area is 912 Å². The van der Waals surface area contributed by atoms with Gasteiger partial charge in [0, 0.05) is 55.4 Å². The van der Waals surface area contributed by atoms with Gasteiger partial charge in [0.05, 0.1) is 44.3 Å². The summed E-state index contributed by atoms with van der Waals surface area (Å²) in [6.07, 6.45) is -77.8. The molecule has 0 aromatic carbocycles. The molecule has 6 rings (SSSR count). The molecule has 6 aliphatic rings. The van der Waals surface area contributed by atoms with Gasteiger partial charge in [-0.25, -0.2) is 55.2 Å². The Morgan fingerprint density at radius 2 is 0.587 bits per heavy atom. The number of hydrogen-bond acceptors (Lipinski definition) is 57. The molecule has 74 heteroatoms. The Balaban J connectivity index is -0.00000827. The van der Waals surface area contributed by atoms with Crippen molar-refractivity contribution in [3.05, 3.63) is 0 Å². The molecule has 1 unspecified atom stereocenters. The number of carbonyl (C=O) groups excluding carboxylic acids is 11. The molecule has 6 saturated heterocycles. The maximum absolute atomic E-state index is 13.7. The Kier molecular flexibility index (Phi) is 61.3. The summed E-state index contributed by atoms with van der Waals surface area (Å²) in [5.74, 6) is -20.1. The van der Waals surface area contributed by atoms with E-state index in [0.29, 0.717) is 55.4 Å². The summed E-state index contributed by atoms with van der Waals surface area (Å²) in [6.45, 7) is -2.35. The molecular formula is C52H65N2Na9O57S6. The van der Waals surface area contributed by atoms with Crippen molar-refractivity contribution in [3.63, 3.8) is 0 Å². The van der Waals surface area contributed by atoms with Crippen LogP contribution in [-0.2, 0) is 221 Å². The number of carbonyl (C=O) groups is 11. The van der Waals surface area contributed by atoms with Crippen LogP contribution in [-0.4, -0.2) is 358 Å². The monoisotopic (exact) mass is 2030 g/mol. The second kappa shape index (κ2) is 57.6. The van der Waals surface area contributed by atoms with E-state index in [0.717, 1.165) is 4.72 Å². The van der Waals surface area contributed by atoms with Crippen molar-refractivity contribution in [2.75, 3.05) is 26.4 Å². The fourth-order valence-electron chi connectivity index (χ4n) is 12.2. The fraction of sp³-hybridized carbons (Fsp3) is 0.788. The molecule has 6 aliphatic heterocycles. The van der Waals surface area contributed by atoms with Crippen molar-refractivity contribution in [2.45, 2.75) is 233 Å². The summed E-state index contributed by atoms with van der Waals surface area (Å²) < 4.78 is 345. The van der Waals surface area contributed by atoms with Gasteiger partial charge in [-0.2, -0.15) is 0 Å². The molecule has 0 aromatic heterocycles. The number of carboxylic acids is 3. The van der Waals surface area contributed by atoms with Gasteiger partial charge in [-0.1, -0.05) is 0 Å². The molecule has 126 heavy (non-hydrogen) atoms. The number of carboxylic acid groups (broad SMARTS) is 3. The standard InChI is InChI=1S/C52H74N2O57S6.9Na/c1-13(56)53-25-32(93-15(3)58)30(103-50-42(97-19(7)62)34(94-16(4)59)27(64)35(105-50)45(65)66)23(11-90-114(77,78)79)100-48(25)106-36-38(95-17(5)60)43(98-20(8)63)51(108-40(36)46(67)68)104-31-24(12-91-115(80,81)82)101-49(26(54-112(71,72)73)33(31)110-116(83,84)85)107-37-39(96-18(6)61)44(111-117(86,87)88)52(109-41(37)47(69)70)102-29-22(10-89-113(74,75)76)99-21(9-55)28(29)92-14(2)57;;;;;;;;;/h21-44,48-52,54-55,64H,9-12H2,1-8H3,(H,53,56)(H,65,66)(H,67,68)(H,69,70)(H,71,72,73)(H,74,75,76)(H,77,78,79)(H,80,81,82)(H,83,84,85)(H,86,87,88);;;;;;;;;/q;9*+1/p-9/t21-,22-,23-,24-,25-,26-,27+,28-,29-,30-,31-,32-,33+,34+,35-,36+,37+,38+,39+,40+,41?,42-,43-,44-,48-,49-,50-,51-,52-;;;;;;;;;/m1........./s1. The predicted octanol–water partition coefficient (Wildman–Crippen LogP) is -43.5. The van der Waals surface area contributed by atoms with Gasteiger partial charge in [0.1, 0.15) is 97.5 Å². The van der Waals surface area contributed by atoms with Crippen LogP contribution in [0, 0.1) is 0 Å². The van der Waals surface area contributed by atoms with E-state index in [1.807, 2.05) is 0 Å². The van der Waals surface area contributed by atoms with Gasteiger partial charge in [-0.3, -0.25) is 59.3 Å². The second-order valence-corrected chi connectivity index (χ2v) is 30.9. The summed E-state index contributed by atoms with van der Waals surface area (Å²) in [6, 6.07) is -6.03. The molecule has 0 spiro atoms. The summed E-state index contributed by atoms with van der Waals surface area (Å²) >= 11 is 0. The number of ether oxygens (including phenoxy) is 18. The zero-order valence-electron chi connectivity index (χ0n) is 68.9. The Hall–Kier alpha value is 1.87. The van der Waals surface area contributed by atoms with Crippen LogP contribution in [0.5, 0.6) is 0 Å². The van der Waals surface area contributed by atoms with Gasteiger partial charge in [0.25, 0.3) is 0 Å². The predicted molar refractivity (Wildman–Crippen MR) is 324 cm³/mol. The number of aliphatic hydroxyl groups excluding tert-OH is 2. The zero-order chi connectivity index (χ0) is 88.6. The van der Waals surface area contributed by atoms with Crippen LogP contribution >= 0.6 is 0 Å². The molecule has 6 fully saturated rings. The molecule has 670 valence electrons. The maximum atomic E-state index is 13.7. The SMILES string of the molecule is CC(=O)N[C@H]1[C@@H](O[C@H]2[C@H](OC(C)=O)[C@@H](OC(C)=O)[C@H](O[C@H]3[C@@H](OS(=O)(=O)[O-])[C@@H](NS(=O)(=O)[O-])[C@@H](O[C@@H]4C(C(=O)[O-])O[C@@H](O[C@H]5[C@H](OC(C)=O)[C@@H](CO)O[C@@H]5COS(=O)(=O)[O-])[C@H](OS(=O)(=O)[O-])[C@H]4OC(C)=O)O[C@@H]3COS(=O)(=O)[O-])O[C@@H]2C(=O)[O-])O[C@H](COS(=O)(=O)[O-])[C@@H](O[C@@H]2O[C@@H](C(=O)[O-])[C@@H](O)[C@H](OC(C)=O)[C@H]2OC(C)=O)[C@@H]1OC(C)=O.[Na+].[Na+].[Na+].[Na+].[Na+].[Na+].[Na+].[Na+].[Na+]. The third kappa shape index (κ3) is 41.7. The largest absolute Gasteiger partial charge is 1.00 e. The van der Waals surface area contributed by atoms with Crippen molar-refractivity contribution in [1.29, 1.82) is 0 Å². The number of rotatable bonds is 37. The van der Waals surface area contributed by atoms with E-state index in [2.05, 4.69) is 26.2 Å².